The van der Waals surface area contributed by atoms with Gasteiger partial charge in [-0.2, -0.15) is 5.10 Å². The molecule has 3 aromatic rings. The molecule has 0 aliphatic carbocycles. The van der Waals surface area contributed by atoms with Crippen molar-refractivity contribution in [2.24, 2.45) is 5.73 Å². The summed E-state index contributed by atoms with van der Waals surface area (Å²) >= 11 is 0. The number of phenols is 1. The lowest BCUT2D eigenvalue weighted by atomic mass is 10.1. The Balaban J connectivity index is 2.49. The van der Waals surface area contributed by atoms with Crippen molar-refractivity contribution in [2.45, 2.75) is 6.54 Å². The molecule has 2 heterocycles. The van der Waals surface area contributed by atoms with E-state index in [1.165, 1.54) is 0 Å². The van der Waals surface area contributed by atoms with Crippen LogP contribution < -0.4 is 5.73 Å². The van der Waals surface area contributed by atoms with Gasteiger partial charge in [-0.15, -0.1) is 10.2 Å². The zero-order valence-electron chi connectivity index (χ0n) is 8.33. The number of aromatic nitrogens is 4. The van der Waals surface area contributed by atoms with Gasteiger partial charge in [0.05, 0.1) is 11.7 Å². The van der Waals surface area contributed by atoms with E-state index in [0.717, 1.165) is 0 Å². The van der Waals surface area contributed by atoms with Crippen LogP contribution in [0.1, 0.15) is 5.56 Å². The van der Waals surface area contributed by atoms with Gasteiger partial charge in [-0.25, -0.2) is 4.52 Å². The summed E-state index contributed by atoms with van der Waals surface area (Å²) in [6.45, 7) is 0.264. The SMILES string of the molecule is NCc1ccc2c(nnc3ccnn32)c1O. The van der Waals surface area contributed by atoms with Crippen LogP contribution in [0.3, 0.4) is 0 Å². The molecule has 0 atom stereocenters. The van der Waals surface area contributed by atoms with Gasteiger partial charge in [0.1, 0.15) is 5.75 Å². The van der Waals surface area contributed by atoms with Crippen molar-refractivity contribution in [1.82, 2.24) is 19.8 Å². The highest BCUT2D eigenvalue weighted by Gasteiger charge is 2.10. The molecule has 0 spiro atoms. The highest BCUT2D eigenvalue weighted by Crippen LogP contribution is 2.26. The number of hydrogen-bond donors (Lipinski definition) is 2. The lowest BCUT2D eigenvalue weighted by Crippen LogP contribution is -2.01. The zero-order valence-corrected chi connectivity index (χ0v) is 8.33. The molecule has 3 N–H and O–H groups in total. The molecule has 6 heteroatoms. The molecule has 0 fully saturated rings. The standard InChI is InChI=1S/C10H9N5O/c11-5-6-1-2-7-9(10(6)16)14-13-8-3-4-12-15(7)8/h1-4,16H,5,11H2. The topological polar surface area (TPSA) is 89.3 Å². The van der Waals surface area contributed by atoms with Crippen molar-refractivity contribution in [3.05, 3.63) is 30.0 Å². The number of fused-ring (bicyclic) bond motifs is 3. The summed E-state index contributed by atoms with van der Waals surface area (Å²) in [7, 11) is 0. The average molecular weight is 215 g/mol. The average Bonchev–Trinajstić information content (AvgIpc) is 2.77. The Hall–Kier alpha value is -2.21. The van der Waals surface area contributed by atoms with Crippen molar-refractivity contribution >= 4 is 16.7 Å². The first-order valence-corrected chi connectivity index (χ1v) is 4.82. The second-order valence-electron chi connectivity index (χ2n) is 3.45. The molecule has 1 aromatic carbocycles. The quantitative estimate of drug-likeness (QED) is 0.614. The maximum Gasteiger partial charge on any atom is 0.177 e. The van der Waals surface area contributed by atoms with Gasteiger partial charge in [0.2, 0.25) is 0 Å². The maximum atomic E-state index is 9.92. The Bertz CT molecular complexity index is 675. The molecule has 3 rings (SSSR count). The van der Waals surface area contributed by atoms with Gasteiger partial charge < -0.3 is 10.8 Å². The number of nitrogens with two attached hydrogens (primary N) is 1. The third-order valence-corrected chi connectivity index (χ3v) is 2.54. The lowest BCUT2D eigenvalue weighted by Gasteiger charge is -2.05. The first kappa shape index (κ1) is 9.05. The number of nitrogens with zero attached hydrogens (tertiary/aromatic N) is 4. The van der Waals surface area contributed by atoms with E-state index in [9.17, 15) is 5.11 Å². The number of phenolic OH excluding ortho intramolecular Hbond substituents is 1. The molecule has 0 saturated heterocycles. The van der Waals surface area contributed by atoms with Crippen LogP contribution in [-0.4, -0.2) is 24.9 Å². The third kappa shape index (κ3) is 1.07. The molecular weight excluding hydrogens is 206 g/mol. The minimum Gasteiger partial charge on any atom is -0.505 e. The molecule has 2 aromatic heterocycles. The minimum atomic E-state index is 0.0740. The van der Waals surface area contributed by atoms with Crippen LogP contribution >= 0.6 is 0 Å². The third-order valence-electron chi connectivity index (χ3n) is 2.54. The summed E-state index contributed by atoms with van der Waals surface area (Å²) in [5, 5.41) is 22.0. The van der Waals surface area contributed by atoms with Gasteiger partial charge in [0.15, 0.2) is 11.2 Å². The Morgan fingerprint density at radius 3 is 2.94 bits per heavy atom. The van der Waals surface area contributed by atoms with Crippen molar-refractivity contribution < 1.29 is 5.11 Å². The molecule has 80 valence electrons. The molecule has 0 aliphatic rings. The van der Waals surface area contributed by atoms with E-state index in [4.69, 9.17) is 5.73 Å². The summed E-state index contributed by atoms with van der Waals surface area (Å²) in [5.74, 6) is 0.0740. The predicted molar refractivity (Wildman–Crippen MR) is 57.8 cm³/mol. The fraction of sp³-hybridized carbons (Fsp3) is 0.100. The Morgan fingerprint density at radius 1 is 1.25 bits per heavy atom. The van der Waals surface area contributed by atoms with E-state index in [-0.39, 0.29) is 12.3 Å². The van der Waals surface area contributed by atoms with E-state index in [1.54, 1.807) is 22.8 Å². The van der Waals surface area contributed by atoms with E-state index in [2.05, 4.69) is 15.3 Å². The largest absolute Gasteiger partial charge is 0.505 e. The number of aromatic hydroxyl groups is 1. The molecule has 0 amide bonds. The minimum absolute atomic E-state index is 0.0740. The van der Waals surface area contributed by atoms with E-state index in [0.29, 0.717) is 22.2 Å². The summed E-state index contributed by atoms with van der Waals surface area (Å²) in [4.78, 5) is 0. The predicted octanol–water partition coefficient (Wildman–Crippen LogP) is 0.442. The van der Waals surface area contributed by atoms with Gasteiger partial charge in [0, 0.05) is 18.2 Å². The smallest absolute Gasteiger partial charge is 0.177 e. The molecule has 0 aliphatic heterocycles. The Kier molecular flexibility index (Phi) is 1.78. The summed E-state index contributed by atoms with van der Waals surface area (Å²) < 4.78 is 1.63. The van der Waals surface area contributed by atoms with Crippen LogP contribution in [0.25, 0.3) is 16.7 Å². The maximum absolute atomic E-state index is 9.92. The summed E-state index contributed by atoms with van der Waals surface area (Å²) in [5.41, 5.74) is 7.92. The van der Waals surface area contributed by atoms with Crippen LogP contribution in [0.2, 0.25) is 0 Å². The van der Waals surface area contributed by atoms with Crippen molar-refractivity contribution in [3.63, 3.8) is 0 Å². The second kappa shape index (κ2) is 3.14. The molecule has 0 unspecified atom stereocenters. The van der Waals surface area contributed by atoms with Crippen LogP contribution in [0.5, 0.6) is 5.75 Å². The lowest BCUT2D eigenvalue weighted by molar-refractivity contribution is 0.473. The fourth-order valence-electron chi connectivity index (χ4n) is 1.70. The van der Waals surface area contributed by atoms with E-state index >= 15 is 0 Å². The van der Waals surface area contributed by atoms with Gasteiger partial charge in [0.25, 0.3) is 0 Å². The Morgan fingerprint density at radius 2 is 2.12 bits per heavy atom. The second-order valence-corrected chi connectivity index (χ2v) is 3.45. The van der Waals surface area contributed by atoms with Crippen LogP contribution in [0, 0.1) is 0 Å². The summed E-state index contributed by atoms with van der Waals surface area (Å²) in [6, 6.07) is 5.34. The molecule has 16 heavy (non-hydrogen) atoms. The van der Waals surface area contributed by atoms with Crippen LogP contribution in [0.4, 0.5) is 0 Å². The van der Waals surface area contributed by atoms with Crippen LogP contribution in [0.15, 0.2) is 24.4 Å². The van der Waals surface area contributed by atoms with Crippen molar-refractivity contribution in [3.8, 4) is 5.75 Å². The Labute approximate surface area is 90.3 Å². The monoisotopic (exact) mass is 215 g/mol. The van der Waals surface area contributed by atoms with Gasteiger partial charge >= 0.3 is 0 Å². The molecular formula is C10H9N5O. The number of hydrogen-bond acceptors (Lipinski definition) is 5. The van der Waals surface area contributed by atoms with E-state index in [1.807, 2.05) is 6.07 Å². The first-order chi connectivity index (χ1) is 7.81. The van der Waals surface area contributed by atoms with Crippen molar-refractivity contribution in [2.75, 3.05) is 0 Å². The van der Waals surface area contributed by atoms with Crippen LogP contribution in [-0.2, 0) is 6.54 Å². The molecule has 0 bridgehead atoms. The molecule has 0 saturated carbocycles. The first-order valence-electron chi connectivity index (χ1n) is 4.82. The van der Waals surface area contributed by atoms with Gasteiger partial charge in [-0.1, -0.05) is 6.07 Å². The number of rotatable bonds is 1. The highest BCUT2D eigenvalue weighted by atomic mass is 16.3. The van der Waals surface area contributed by atoms with Gasteiger partial charge in [-0.3, -0.25) is 0 Å². The van der Waals surface area contributed by atoms with E-state index < -0.39 is 0 Å². The van der Waals surface area contributed by atoms with Gasteiger partial charge in [-0.05, 0) is 6.07 Å². The zero-order chi connectivity index (χ0) is 11.1. The van der Waals surface area contributed by atoms with Crippen molar-refractivity contribution in [1.29, 1.82) is 0 Å². The molecule has 0 radical (unpaired) electrons. The fourth-order valence-corrected chi connectivity index (χ4v) is 1.70. The normalized spacial score (nSPS) is 11.3. The number of benzene rings is 1. The summed E-state index contributed by atoms with van der Waals surface area (Å²) in [6.07, 6.45) is 1.64. The molecule has 6 nitrogen and oxygen atoms in total. The highest BCUT2D eigenvalue weighted by molar-refractivity contribution is 5.83.